The maximum absolute atomic E-state index is 13.4. The second-order valence-corrected chi connectivity index (χ2v) is 12.8. The van der Waals surface area contributed by atoms with Gasteiger partial charge in [-0.05, 0) is 55.3 Å². The largest absolute Gasteiger partial charge is 0.502 e. The number of para-hydroxylation sites is 2. The molecule has 5 N–H and O–H groups in total. The van der Waals surface area contributed by atoms with E-state index >= 15 is 0 Å². The molecule has 3 aromatic rings. The second-order valence-electron chi connectivity index (χ2n) is 10.0. The maximum atomic E-state index is 13.4. The van der Waals surface area contributed by atoms with Gasteiger partial charge in [0, 0.05) is 11.1 Å². The van der Waals surface area contributed by atoms with Crippen molar-refractivity contribution < 1.29 is 40.6 Å². The normalized spacial score (nSPS) is 14.8. The van der Waals surface area contributed by atoms with Crippen molar-refractivity contribution in [1.29, 1.82) is 5.26 Å². The van der Waals surface area contributed by atoms with Crippen LogP contribution in [0.3, 0.4) is 0 Å². The fourth-order valence-corrected chi connectivity index (χ4v) is 5.88. The van der Waals surface area contributed by atoms with Gasteiger partial charge in [0.1, 0.15) is 21.4 Å². The molecule has 0 saturated carbocycles. The molecule has 1 aromatic heterocycles. The Bertz CT molecular complexity index is 2410. The van der Waals surface area contributed by atoms with Crippen LogP contribution in [0, 0.1) is 24.8 Å². The van der Waals surface area contributed by atoms with E-state index in [0.29, 0.717) is 9.69 Å². The molecule has 18 heteroatoms. The second kappa shape index (κ2) is 13.8. The van der Waals surface area contributed by atoms with Gasteiger partial charge in [0.15, 0.2) is 0 Å². The number of allylic oxidation sites excluding steroid dienone is 4. The Morgan fingerprint density at radius 2 is 1.41 bits per heavy atom. The third kappa shape index (κ3) is 7.17. The van der Waals surface area contributed by atoms with Crippen LogP contribution in [-0.4, -0.2) is 52.5 Å². The highest BCUT2D eigenvalue weighted by atomic mass is 32.2. The summed E-state index contributed by atoms with van der Waals surface area (Å²) in [5.74, 6) is -2.85. The van der Waals surface area contributed by atoms with E-state index in [-0.39, 0.29) is 39.3 Å². The molecule has 0 fully saturated rings. The number of imide groups is 1. The van der Waals surface area contributed by atoms with Crippen LogP contribution in [0.15, 0.2) is 104 Å². The molecule has 1 aliphatic rings. The lowest BCUT2D eigenvalue weighted by Gasteiger charge is -2.28. The predicted octanol–water partition coefficient (Wildman–Crippen LogP) is 3.51. The van der Waals surface area contributed by atoms with Crippen LogP contribution >= 0.6 is 0 Å². The number of benzene rings is 2. The van der Waals surface area contributed by atoms with Gasteiger partial charge in [-0.2, -0.15) is 31.8 Å². The third-order valence-corrected chi connectivity index (χ3v) is 8.84. The molecule has 16 nitrogen and oxygen atoms in total. The molecule has 0 spiro atoms. The van der Waals surface area contributed by atoms with Crippen LogP contribution in [0.5, 0.6) is 5.88 Å². The van der Waals surface area contributed by atoms with Gasteiger partial charge in [-0.25, -0.2) is 4.85 Å². The lowest BCUT2D eigenvalue weighted by molar-refractivity contribution is -0.138. The maximum Gasteiger partial charge on any atom is 0.296 e. The number of hydrazine groups is 1. The first-order valence-electron chi connectivity index (χ1n) is 13.6. The van der Waals surface area contributed by atoms with E-state index in [2.05, 4.69) is 15.7 Å². The first kappa shape index (κ1) is 35.5. The first-order chi connectivity index (χ1) is 23.0. The molecule has 0 bridgehead atoms. The van der Waals surface area contributed by atoms with Gasteiger partial charge in [0.2, 0.25) is 5.88 Å². The monoisotopic (exact) mass is 704 g/mol. The number of pyridine rings is 1. The molecule has 4 rings (SSSR count). The van der Waals surface area contributed by atoms with Crippen molar-refractivity contribution in [3.8, 4) is 11.9 Å². The number of amides is 2. The summed E-state index contributed by atoms with van der Waals surface area (Å²) in [6.07, 6.45) is 6.53. The molecular weight excluding hydrogens is 681 g/mol. The van der Waals surface area contributed by atoms with Crippen LogP contribution < -0.4 is 16.4 Å². The number of carbonyl (C=O) groups excluding carboxylic acids is 2. The highest BCUT2D eigenvalue weighted by Gasteiger charge is 2.36. The molecule has 49 heavy (non-hydrogen) atoms. The molecule has 0 aliphatic carbocycles. The Hall–Kier alpha value is -6.31. The van der Waals surface area contributed by atoms with E-state index in [0.717, 1.165) is 12.1 Å². The number of hydrogen-bond donors (Lipinski definition) is 5. The van der Waals surface area contributed by atoms with Crippen LogP contribution in [0.25, 0.3) is 10.9 Å². The van der Waals surface area contributed by atoms with Crippen LogP contribution in [0.2, 0.25) is 0 Å². The number of aromatic hydroxyl groups is 1. The summed E-state index contributed by atoms with van der Waals surface area (Å²) in [7, 11) is -9.50. The van der Waals surface area contributed by atoms with Gasteiger partial charge in [-0.15, -0.1) is 0 Å². The summed E-state index contributed by atoms with van der Waals surface area (Å²) in [4.78, 5) is 41.7. The highest BCUT2D eigenvalue weighted by Crippen LogP contribution is 2.32. The molecule has 0 saturated heterocycles. The molecule has 1 aliphatic heterocycles. The van der Waals surface area contributed by atoms with E-state index in [1.807, 2.05) is 0 Å². The molecule has 2 aromatic carbocycles. The van der Waals surface area contributed by atoms with E-state index in [1.165, 1.54) is 80.6 Å². The van der Waals surface area contributed by atoms with Crippen molar-refractivity contribution in [2.75, 3.05) is 10.9 Å². The smallest absolute Gasteiger partial charge is 0.296 e. The van der Waals surface area contributed by atoms with Gasteiger partial charge in [0.25, 0.3) is 43.3 Å². The Labute approximate surface area is 279 Å². The number of nitriles is 1. The molecule has 2 amide bonds. The lowest BCUT2D eigenvalue weighted by Crippen LogP contribution is -2.46. The molecule has 250 valence electrons. The van der Waals surface area contributed by atoms with E-state index in [1.54, 1.807) is 6.07 Å². The summed E-state index contributed by atoms with van der Waals surface area (Å²) in [6.45, 7) is 10.2. The summed E-state index contributed by atoms with van der Waals surface area (Å²) < 4.78 is 66.9. The number of nitrogens with zero attached hydrogens (tertiary/aromatic N) is 4. The van der Waals surface area contributed by atoms with E-state index in [4.69, 9.17) is 6.57 Å². The SMILES string of the molecule is [C-]#[N+]c1c(C)c(C=CC=CC=C2C(=O)N(Nc3ccccc3S(=O)(=O)O)C(=O)C(C#N)=C2C)c(=O)n(Nc2ccccc2S(=O)(=O)O)c1O. The minimum Gasteiger partial charge on any atom is -0.502 e. The third-order valence-electron chi connectivity index (χ3n) is 7.01. The first-order valence-corrected chi connectivity index (χ1v) is 16.5. The van der Waals surface area contributed by atoms with Gasteiger partial charge in [-0.3, -0.25) is 34.3 Å². The van der Waals surface area contributed by atoms with Crippen LogP contribution in [0.4, 0.5) is 17.1 Å². The van der Waals surface area contributed by atoms with Gasteiger partial charge < -0.3 is 5.11 Å². The van der Waals surface area contributed by atoms with Crippen molar-refractivity contribution in [1.82, 2.24) is 9.69 Å². The number of anilines is 2. The van der Waals surface area contributed by atoms with Gasteiger partial charge >= 0.3 is 0 Å². The molecule has 0 unspecified atom stereocenters. The number of hydrogen-bond acceptors (Lipinski definition) is 11. The minimum atomic E-state index is -4.76. The van der Waals surface area contributed by atoms with Crippen molar-refractivity contribution >= 4 is 55.2 Å². The number of aromatic nitrogens is 1. The van der Waals surface area contributed by atoms with E-state index < -0.39 is 58.9 Å². The average molecular weight is 705 g/mol. The van der Waals surface area contributed by atoms with Crippen molar-refractivity contribution in [3.63, 3.8) is 0 Å². The zero-order valence-corrected chi connectivity index (χ0v) is 26.9. The fraction of sp³-hybridized carbons (Fsp3) is 0.0645. The summed E-state index contributed by atoms with van der Waals surface area (Å²) in [5.41, 5.74) is 2.35. The molecule has 2 heterocycles. The standard InChI is InChI=1S/C31H24N6O10S2/c1-18-20(28(38)36(30(40)22(18)17-32)34-23-13-7-9-15-25(23)48(42,43)44)11-5-4-6-12-21-19(2)27(33-3)31(41)37(29(21)39)35-24-14-8-10-16-26(24)49(45,46)47/h4-16,34-35,41H,1-2H3,(H,42,43,44)(H,45,46,47). The Balaban J connectivity index is 1.70. The molecule has 0 atom stereocenters. The van der Waals surface area contributed by atoms with Crippen LogP contribution in [0.1, 0.15) is 18.1 Å². The Morgan fingerprint density at radius 3 is 1.94 bits per heavy atom. The lowest BCUT2D eigenvalue weighted by atomic mass is 9.96. The van der Waals surface area contributed by atoms with E-state index in [9.17, 15) is 50.7 Å². The van der Waals surface area contributed by atoms with Crippen molar-refractivity contribution in [2.45, 2.75) is 23.6 Å². The number of carbonyl (C=O) groups is 2. The van der Waals surface area contributed by atoms with Crippen molar-refractivity contribution in [3.05, 3.63) is 122 Å². The predicted molar refractivity (Wildman–Crippen MR) is 175 cm³/mol. The van der Waals surface area contributed by atoms with Gasteiger partial charge in [0.05, 0.1) is 17.9 Å². The quantitative estimate of drug-likeness (QED) is 0.0705. The summed E-state index contributed by atoms with van der Waals surface area (Å²) in [6, 6.07) is 11.6. The topological polar surface area (TPSA) is 241 Å². The Kier molecular flexibility index (Phi) is 10.0. The summed E-state index contributed by atoms with van der Waals surface area (Å²) in [5, 5.41) is 20.7. The number of nitrogens with one attached hydrogen (secondary N) is 2. The van der Waals surface area contributed by atoms with Crippen molar-refractivity contribution in [2.24, 2.45) is 0 Å². The average Bonchev–Trinajstić information content (AvgIpc) is 3.04. The molecule has 0 radical (unpaired) electrons. The highest BCUT2D eigenvalue weighted by molar-refractivity contribution is 7.86. The zero-order chi connectivity index (χ0) is 36.3. The van der Waals surface area contributed by atoms with Gasteiger partial charge in [-0.1, -0.05) is 48.6 Å². The summed E-state index contributed by atoms with van der Waals surface area (Å²) >= 11 is 0. The zero-order valence-electron chi connectivity index (χ0n) is 25.3. The van der Waals surface area contributed by atoms with Crippen LogP contribution in [-0.2, 0) is 29.8 Å². The molecular formula is C31H24N6O10S2. The minimum absolute atomic E-state index is 0.0162. The fourth-order valence-electron chi connectivity index (χ4n) is 4.60. The number of rotatable bonds is 9. The Morgan fingerprint density at radius 1 is 0.857 bits per heavy atom.